The van der Waals surface area contributed by atoms with Gasteiger partial charge in [-0.25, -0.2) is 9.59 Å². The highest BCUT2D eigenvalue weighted by Gasteiger charge is 2.22. The molecule has 3 aromatic heterocycles. The summed E-state index contributed by atoms with van der Waals surface area (Å²) in [5.41, 5.74) is 4.10. The maximum absolute atomic E-state index is 11.6. The first kappa shape index (κ1) is 25.9. The predicted molar refractivity (Wildman–Crippen MR) is 149 cm³/mol. The molecule has 0 radical (unpaired) electrons. The average Bonchev–Trinajstić information content (AvgIpc) is 3.78. The van der Waals surface area contributed by atoms with Crippen LogP contribution in [0.1, 0.15) is 20.7 Å². The Kier molecular flexibility index (Phi) is 7.79. The maximum atomic E-state index is 11.6. The van der Waals surface area contributed by atoms with Crippen molar-refractivity contribution in [1.29, 1.82) is 0 Å². The van der Waals surface area contributed by atoms with E-state index in [1.165, 1.54) is 14.2 Å². The van der Waals surface area contributed by atoms with Crippen molar-refractivity contribution in [2.75, 3.05) is 27.4 Å². The van der Waals surface area contributed by atoms with Crippen molar-refractivity contribution in [1.82, 2.24) is 9.13 Å². The van der Waals surface area contributed by atoms with Crippen LogP contribution < -0.4 is 9.47 Å². The van der Waals surface area contributed by atoms with Crippen LogP contribution in [-0.4, -0.2) is 48.5 Å². The van der Waals surface area contributed by atoms with Crippen molar-refractivity contribution in [2.45, 2.75) is 0 Å². The lowest BCUT2D eigenvalue weighted by atomic mass is 10.2. The summed E-state index contributed by atoms with van der Waals surface area (Å²) in [5.74, 6) is 0.952. The molecule has 0 bridgehead atoms. The van der Waals surface area contributed by atoms with Gasteiger partial charge in [-0.1, -0.05) is 0 Å². The first-order valence-corrected chi connectivity index (χ1v) is 13.0. The molecule has 0 saturated heterocycles. The monoisotopic (exact) mass is 542 g/mol. The smallest absolute Gasteiger partial charge is 0.337 e. The summed E-state index contributed by atoms with van der Waals surface area (Å²) in [6, 6.07) is 22.5. The molecule has 0 unspecified atom stereocenters. The first-order valence-electron chi connectivity index (χ1n) is 12.1. The van der Waals surface area contributed by atoms with Gasteiger partial charge in [-0.3, -0.25) is 0 Å². The van der Waals surface area contributed by atoms with E-state index < -0.39 is 0 Å². The van der Waals surface area contributed by atoms with Crippen LogP contribution in [0.15, 0.2) is 96.8 Å². The minimum atomic E-state index is -0.341. The van der Waals surface area contributed by atoms with Crippen molar-refractivity contribution in [3.05, 3.63) is 108 Å². The Morgan fingerprint density at radius 3 is 1.95 bits per heavy atom. The fraction of sp³-hybridized carbons (Fsp3) is 0.133. The summed E-state index contributed by atoms with van der Waals surface area (Å²) in [6.07, 6.45) is 5.89. The molecule has 0 saturated carbocycles. The normalized spacial score (nSPS) is 11.7. The molecule has 0 spiro atoms. The van der Waals surface area contributed by atoms with Crippen molar-refractivity contribution >= 4 is 23.3 Å². The Balaban J connectivity index is 0.000000177. The van der Waals surface area contributed by atoms with Crippen LogP contribution in [0.2, 0.25) is 0 Å². The van der Waals surface area contributed by atoms with Crippen LogP contribution in [0.25, 0.3) is 21.9 Å². The van der Waals surface area contributed by atoms with E-state index in [1.807, 2.05) is 77.1 Å². The Morgan fingerprint density at radius 1 is 0.744 bits per heavy atom. The lowest BCUT2D eigenvalue weighted by Gasteiger charge is -2.17. The largest absolute Gasteiger partial charge is 0.485 e. The van der Waals surface area contributed by atoms with Gasteiger partial charge in [0.05, 0.1) is 35.9 Å². The maximum Gasteiger partial charge on any atom is 0.337 e. The third-order valence-corrected chi connectivity index (χ3v) is 7.00. The first-order chi connectivity index (χ1) is 19.1. The number of benzene rings is 2. The van der Waals surface area contributed by atoms with Crippen molar-refractivity contribution in [2.24, 2.45) is 0 Å². The van der Waals surface area contributed by atoms with Gasteiger partial charge in [0.25, 0.3) is 0 Å². The third kappa shape index (κ3) is 5.58. The summed E-state index contributed by atoms with van der Waals surface area (Å²) in [4.78, 5) is 23.8. The molecule has 0 fully saturated rings. The molecular weight excluding hydrogens is 516 g/mol. The van der Waals surface area contributed by atoms with Crippen LogP contribution in [-0.2, 0) is 9.47 Å². The highest BCUT2D eigenvalue weighted by atomic mass is 32.1. The number of hydrogen-bond acceptors (Lipinski definition) is 7. The molecule has 0 aliphatic carbocycles. The van der Waals surface area contributed by atoms with Crippen LogP contribution in [0, 0.1) is 0 Å². The van der Waals surface area contributed by atoms with E-state index in [9.17, 15) is 9.59 Å². The summed E-state index contributed by atoms with van der Waals surface area (Å²) in [7, 11) is 2.75. The number of esters is 2. The molecule has 0 N–H and O–H groups in total. The zero-order chi connectivity index (χ0) is 27.2. The second-order valence-corrected chi connectivity index (χ2v) is 9.27. The standard InChI is InChI=1S/C18H15NO4S.C12H11NO2/c1-21-18(20)12-4-6-13(7-5-12)19-8-2-3-14(19)17-16-15(11-24-17)22-9-10-23-16;1-15-12(14)10-4-6-11(7-5-10)13-8-2-3-9-13/h2-8,11H,9-10H2,1H3;2-9H,1H3. The fourth-order valence-corrected chi connectivity index (χ4v) is 5.05. The molecule has 9 heteroatoms. The number of carbonyl (C=O) groups excluding carboxylic acids is 2. The fourth-order valence-electron chi connectivity index (χ4n) is 4.10. The number of ether oxygens (including phenoxy) is 4. The molecule has 1 aliphatic rings. The van der Waals surface area contributed by atoms with Gasteiger partial charge in [-0.2, -0.15) is 0 Å². The Morgan fingerprint density at radius 2 is 1.33 bits per heavy atom. The molecule has 2 aromatic carbocycles. The second kappa shape index (κ2) is 11.7. The Bertz CT molecular complexity index is 1550. The molecule has 198 valence electrons. The number of fused-ring (bicyclic) bond motifs is 1. The SMILES string of the molecule is COC(=O)c1ccc(-n2cccc2)cc1.COC(=O)c1ccc(-n2cccc2-c2scc3c2OCCO3)cc1. The number of nitrogens with zero attached hydrogens (tertiary/aromatic N) is 2. The van der Waals surface area contributed by atoms with E-state index in [-0.39, 0.29) is 11.9 Å². The summed E-state index contributed by atoms with van der Waals surface area (Å²) in [5, 5.41) is 1.97. The van der Waals surface area contributed by atoms with Crippen LogP contribution >= 0.6 is 11.3 Å². The zero-order valence-corrected chi connectivity index (χ0v) is 22.2. The van der Waals surface area contributed by atoms with E-state index in [2.05, 4.69) is 9.30 Å². The van der Waals surface area contributed by atoms with Gasteiger partial charge in [-0.05, 0) is 72.8 Å². The van der Waals surface area contributed by atoms with Gasteiger partial charge in [0, 0.05) is 35.3 Å². The molecule has 4 heterocycles. The average molecular weight is 543 g/mol. The van der Waals surface area contributed by atoms with E-state index >= 15 is 0 Å². The number of hydrogen-bond donors (Lipinski definition) is 0. The number of methoxy groups -OCH3 is 2. The molecule has 8 nitrogen and oxygen atoms in total. The minimum absolute atomic E-state index is 0.311. The van der Waals surface area contributed by atoms with E-state index in [0.717, 1.165) is 33.4 Å². The van der Waals surface area contributed by atoms with Crippen LogP contribution in [0.3, 0.4) is 0 Å². The molecular formula is C30H26N2O6S. The van der Waals surface area contributed by atoms with Gasteiger partial charge < -0.3 is 28.1 Å². The van der Waals surface area contributed by atoms with E-state index in [1.54, 1.807) is 35.6 Å². The van der Waals surface area contributed by atoms with Crippen molar-refractivity contribution < 1.29 is 28.5 Å². The zero-order valence-electron chi connectivity index (χ0n) is 21.4. The molecule has 6 rings (SSSR count). The van der Waals surface area contributed by atoms with Gasteiger partial charge >= 0.3 is 11.9 Å². The summed E-state index contributed by atoms with van der Waals surface area (Å²) >= 11 is 1.60. The molecule has 5 aromatic rings. The van der Waals surface area contributed by atoms with Crippen molar-refractivity contribution in [3.8, 4) is 33.4 Å². The Hall–Kier alpha value is -4.76. The van der Waals surface area contributed by atoms with E-state index in [4.69, 9.17) is 14.2 Å². The quantitative estimate of drug-likeness (QED) is 0.253. The number of thiophene rings is 1. The van der Waals surface area contributed by atoms with E-state index in [0.29, 0.717) is 24.3 Å². The molecule has 0 atom stereocenters. The van der Waals surface area contributed by atoms with Crippen LogP contribution in [0.5, 0.6) is 11.5 Å². The molecule has 1 aliphatic heterocycles. The molecule has 39 heavy (non-hydrogen) atoms. The topological polar surface area (TPSA) is 80.9 Å². The van der Waals surface area contributed by atoms with Crippen molar-refractivity contribution in [3.63, 3.8) is 0 Å². The summed E-state index contributed by atoms with van der Waals surface area (Å²) in [6.45, 7) is 1.14. The highest BCUT2D eigenvalue weighted by Crippen LogP contribution is 2.46. The molecule has 0 amide bonds. The Labute approximate surface area is 229 Å². The number of aromatic nitrogens is 2. The summed E-state index contributed by atoms with van der Waals surface area (Å²) < 4.78 is 24.8. The van der Waals surface area contributed by atoms with Gasteiger partial charge in [0.2, 0.25) is 0 Å². The lowest BCUT2D eigenvalue weighted by Crippen LogP contribution is -2.14. The number of carbonyl (C=O) groups is 2. The van der Waals surface area contributed by atoms with Crippen LogP contribution in [0.4, 0.5) is 0 Å². The predicted octanol–water partition coefficient (Wildman–Crippen LogP) is 6.03. The minimum Gasteiger partial charge on any atom is -0.485 e. The van der Waals surface area contributed by atoms with Gasteiger partial charge in [-0.15, -0.1) is 11.3 Å². The van der Waals surface area contributed by atoms with Gasteiger partial charge in [0.1, 0.15) is 13.2 Å². The number of rotatable bonds is 5. The highest BCUT2D eigenvalue weighted by molar-refractivity contribution is 7.14. The third-order valence-electron chi connectivity index (χ3n) is 6.04. The second-order valence-electron chi connectivity index (χ2n) is 8.39. The lowest BCUT2D eigenvalue weighted by molar-refractivity contribution is 0.0592. The van der Waals surface area contributed by atoms with Gasteiger partial charge in [0.15, 0.2) is 11.5 Å².